The minimum absolute atomic E-state index is 0.192. The van der Waals surface area contributed by atoms with Gasteiger partial charge in [-0.2, -0.15) is 0 Å². The molecule has 2 aromatic rings. The predicted molar refractivity (Wildman–Crippen MR) is 115 cm³/mol. The molecule has 1 unspecified atom stereocenters. The third-order valence-corrected chi connectivity index (χ3v) is 5.29. The van der Waals surface area contributed by atoms with Crippen LogP contribution in [-0.2, 0) is 11.3 Å². The molecular formula is C23H30FN3O2. The molecule has 156 valence electrons. The number of amides is 1. The van der Waals surface area contributed by atoms with Crippen molar-refractivity contribution in [3.05, 3.63) is 59.4 Å². The molecule has 1 atom stereocenters. The summed E-state index contributed by atoms with van der Waals surface area (Å²) in [6, 6.07) is 12.7. The van der Waals surface area contributed by atoms with E-state index in [1.807, 2.05) is 18.2 Å². The van der Waals surface area contributed by atoms with E-state index >= 15 is 0 Å². The van der Waals surface area contributed by atoms with Gasteiger partial charge in [0.05, 0.1) is 12.3 Å². The fraction of sp³-hybridized carbons (Fsp3) is 0.435. The van der Waals surface area contributed by atoms with Crippen molar-refractivity contribution in [1.29, 1.82) is 0 Å². The molecule has 5 nitrogen and oxygen atoms in total. The first-order chi connectivity index (χ1) is 14.0. The van der Waals surface area contributed by atoms with Crippen LogP contribution < -0.4 is 10.2 Å². The van der Waals surface area contributed by atoms with Gasteiger partial charge in [0.15, 0.2) is 0 Å². The molecule has 2 aromatic carbocycles. The number of hydrogen-bond acceptors (Lipinski definition) is 4. The Morgan fingerprint density at radius 2 is 2.00 bits per heavy atom. The quantitative estimate of drug-likeness (QED) is 0.678. The highest BCUT2D eigenvalue weighted by molar-refractivity contribution is 6.04. The molecular weight excluding hydrogens is 369 g/mol. The third kappa shape index (κ3) is 5.55. The molecule has 6 heteroatoms. The SMILES string of the molecule is CCCOCc1ccc(C(=O)Nc2ccc(N3CCC(N(C)C)C3)cc2F)cc1. The first-order valence-corrected chi connectivity index (χ1v) is 10.2. The zero-order chi connectivity index (χ0) is 20.8. The van der Waals surface area contributed by atoms with Gasteiger partial charge in [-0.1, -0.05) is 19.1 Å². The van der Waals surface area contributed by atoms with Gasteiger partial charge in [0.2, 0.25) is 0 Å². The van der Waals surface area contributed by atoms with Crippen molar-refractivity contribution in [2.24, 2.45) is 0 Å². The zero-order valence-electron chi connectivity index (χ0n) is 17.5. The number of hydrogen-bond donors (Lipinski definition) is 1. The molecule has 1 N–H and O–H groups in total. The number of likely N-dealkylation sites (N-methyl/N-ethyl adjacent to an activating group) is 1. The molecule has 0 saturated carbocycles. The highest BCUT2D eigenvalue weighted by Crippen LogP contribution is 2.26. The van der Waals surface area contributed by atoms with Crippen LogP contribution in [0.2, 0.25) is 0 Å². The Hall–Kier alpha value is -2.44. The van der Waals surface area contributed by atoms with Gasteiger partial charge in [0.25, 0.3) is 5.91 Å². The molecule has 0 aliphatic carbocycles. The van der Waals surface area contributed by atoms with Crippen molar-refractivity contribution in [3.8, 4) is 0 Å². The molecule has 1 saturated heterocycles. The van der Waals surface area contributed by atoms with E-state index in [9.17, 15) is 9.18 Å². The van der Waals surface area contributed by atoms with Crippen LogP contribution in [-0.4, -0.2) is 50.6 Å². The minimum Gasteiger partial charge on any atom is -0.377 e. The topological polar surface area (TPSA) is 44.8 Å². The Morgan fingerprint density at radius 1 is 1.24 bits per heavy atom. The summed E-state index contributed by atoms with van der Waals surface area (Å²) in [5, 5.41) is 2.67. The van der Waals surface area contributed by atoms with E-state index in [4.69, 9.17) is 4.74 Å². The van der Waals surface area contributed by atoms with Crippen LogP contribution in [0.1, 0.15) is 35.7 Å². The number of carbonyl (C=O) groups is 1. The number of anilines is 2. The molecule has 29 heavy (non-hydrogen) atoms. The van der Waals surface area contributed by atoms with Crippen molar-refractivity contribution >= 4 is 17.3 Å². The molecule has 0 bridgehead atoms. The third-order valence-electron chi connectivity index (χ3n) is 5.29. The van der Waals surface area contributed by atoms with Gasteiger partial charge in [0, 0.05) is 37.0 Å². The fourth-order valence-electron chi connectivity index (χ4n) is 3.48. The number of halogens is 1. The second-order valence-corrected chi connectivity index (χ2v) is 7.72. The molecule has 1 amide bonds. The number of benzene rings is 2. The summed E-state index contributed by atoms with van der Waals surface area (Å²) in [5.41, 5.74) is 2.53. The zero-order valence-corrected chi connectivity index (χ0v) is 17.5. The standard InChI is InChI=1S/C23H30FN3O2/c1-4-13-29-16-17-5-7-18(8-6-17)23(28)25-22-10-9-19(14-21(22)24)27-12-11-20(15-27)26(2)3/h5-10,14,20H,4,11-13,15-16H2,1-3H3,(H,25,28). The van der Waals surface area contributed by atoms with Crippen molar-refractivity contribution < 1.29 is 13.9 Å². The maximum absolute atomic E-state index is 14.6. The summed E-state index contributed by atoms with van der Waals surface area (Å²) < 4.78 is 20.1. The monoisotopic (exact) mass is 399 g/mol. The van der Waals surface area contributed by atoms with E-state index in [-0.39, 0.29) is 11.6 Å². The predicted octanol–water partition coefficient (Wildman–Crippen LogP) is 4.14. The van der Waals surface area contributed by atoms with Gasteiger partial charge >= 0.3 is 0 Å². The second kappa shape index (κ2) is 9.85. The van der Waals surface area contributed by atoms with E-state index in [1.165, 1.54) is 6.07 Å². The van der Waals surface area contributed by atoms with Crippen LogP contribution in [0.25, 0.3) is 0 Å². The van der Waals surface area contributed by atoms with Crippen LogP contribution in [0.5, 0.6) is 0 Å². The highest BCUT2D eigenvalue weighted by atomic mass is 19.1. The van der Waals surface area contributed by atoms with Crippen LogP contribution in [0.15, 0.2) is 42.5 Å². The van der Waals surface area contributed by atoms with Crippen LogP contribution in [0.3, 0.4) is 0 Å². The second-order valence-electron chi connectivity index (χ2n) is 7.72. The maximum Gasteiger partial charge on any atom is 0.255 e. The number of ether oxygens (including phenoxy) is 1. The van der Waals surface area contributed by atoms with E-state index < -0.39 is 5.82 Å². The average Bonchev–Trinajstić information content (AvgIpc) is 3.21. The van der Waals surface area contributed by atoms with Gasteiger partial charge in [-0.25, -0.2) is 4.39 Å². The summed E-state index contributed by atoms with van der Waals surface area (Å²) in [5.74, 6) is -0.750. The lowest BCUT2D eigenvalue weighted by molar-refractivity contribution is 0.102. The molecule has 0 spiro atoms. The lowest BCUT2D eigenvalue weighted by Crippen LogP contribution is -2.31. The highest BCUT2D eigenvalue weighted by Gasteiger charge is 2.24. The molecule has 1 heterocycles. The lowest BCUT2D eigenvalue weighted by Gasteiger charge is -2.22. The van der Waals surface area contributed by atoms with Crippen LogP contribution in [0, 0.1) is 5.82 Å². The Morgan fingerprint density at radius 3 is 2.62 bits per heavy atom. The first kappa shape index (κ1) is 21.3. The number of nitrogens with zero attached hydrogens (tertiary/aromatic N) is 2. The Bertz CT molecular complexity index is 823. The lowest BCUT2D eigenvalue weighted by atomic mass is 10.1. The van der Waals surface area contributed by atoms with Crippen molar-refractivity contribution in [1.82, 2.24) is 4.90 Å². The summed E-state index contributed by atoms with van der Waals surface area (Å²) >= 11 is 0. The van der Waals surface area contributed by atoms with Crippen molar-refractivity contribution in [2.45, 2.75) is 32.4 Å². The Balaban J connectivity index is 1.60. The van der Waals surface area contributed by atoms with Gasteiger partial charge in [-0.05, 0) is 62.8 Å². The van der Waals surface area contributed by atoms with Gasteiger partial charge in [-0.15, -0.1) is 0 Å². The number of carbonyl (C=O) groups excluding carboxylic acids is 1. The molecule has 3 rings (SSSR count). The Kier molecular flexibility index (Phi) is 7.23. The molecule has 1 aliphatic heterocycles. The van der Waals surface area contributed by atoms with E-state index in [0.29, 0.717) is 24.8 Å². The molecule has 1 aliphatic rings. The molecule has 1 fully saturated rings. The maximum atomic E-state index is 14.6. The first-order valence-electron chi connectivity index (χ1n) is 10.2. The van der Waals surface area contributed by atoms with Gasteiger partial charge in [-0.3, -0.25) is 4.79 Å². The van der Waals surface area contributed by atoms with E-state index in [1.54, 1.807) is 18.2 Å². The number of nitrogens with one attached hydrogen (secondary N) is 1. The van der Waals surface area contributed by atoms with Crippen molar-refractivity contribution in [2.75, 3.05) is 44.0 Å². The van der Waals surface area contributed by atoms with Crippen molar-refractivity contribution in [3.63, 3.8) is 0 Å². The summed E-state index contributed by atoms with van der Waals surface area (Å²) in [6.07, 6.45) is 2.03. The van der Waals surface area contributed by atoms with Gasteiger partial charge in [0.1, 0.15) is 5.82 Å². The fourth-order valence-corrected chi connectivity index (χ4v) is 3.48. The largest absolute Gasteiger partial charge is 0.377 e. The van der Waals surface area contributed by atoms with E-state index in [2.05, 4.69) is 36.1 Å². The summed E-state index contributed by atoms with van der Waals surface area (Å²) in [4.78, 5) is 16.9. The van der Waals surface area contributed by atoms with E-state index in [0.717, 1.165) is 37.2 Å². The van der Waals surface area contributed by atoms with Crippen LogP contribution >= 0.6 is 0 Å². The molecule has 0 radical (unpaired) electrons. The normalized spacial score (nSPS) is 16.4. The van der Waals surface area contributed by atoms with Gasteiger partial charge < -0.3 is 19.9 Å². The number of rotatable bonds is 8. The van der Waals surface area contributed by atoms with Crippen LogP contribution in [0.4, 0.5) is 15.8 Å². The smallest absolute Gasteiger partial charge is 0.255 e. The summed E-state index contributed by atoms with van der Waals surface area (Å²) in [6.45, 7) is 5.08. The summed E-state index contributed by atoms with van der Waals surface area (Å²) in [7, 11) is 4.14. The minimum atomic E-state index is -0.422. The Labute approximate surface area is 172 Å². The molecule has 0 aromatic heterocycles. The average molecular weight is 400 g/mol.